The molecular weight excluding hydrogens is 364 g/mol. The monoisotopic (exact) mass is 396 g/mol. The van der Waals surface area contributed by atoms with Gasteiger partial charge in [-0.1, -0.05) is 6.08 Å². The lowest BCUT2D eigenvalue weighted by Gasteiger charge is -2.39. The molecule has 0 aromatic carbocycles. The Kier molecular flexibility index (Phi) is 6.23. The Hall–Kier alpha value is -2.86. The van der Waals surface area contributed by atoms with Crippen molar-refractivity contribution in [1.29, 1.82) is 0 Å². The van der Waals surface area contributed by atoms with Gasteiger partial charge in [-0.2, -0.15) is 0 Å². The molecule has 1 aliphatic carbocycles. The molecule has 3 heterocycles. The number of pyridine rings is 1. The maximum Gasteiger partial charge on any atom is 0.253 e. The molecule has 2 aromatic rings. The summed E-state index contributed by atoms with van der Waals surface area (Å²) in [5.41, 5.74) is 4.61. The first-order valence-electron chi connectivity index (χ1n) is 10.0. The maximum absolute atomic E-state index is 12.0. The minimum absolute atomic E-state index is 0. The molecule has 0 spiro atoms. The third-order valence-corrected chi connectivity index (χ3v) is 5.50. The number of aryl methyl sites for hydroxylation is 3. The summed E-state index contributed by atoms with van der Waals surface area (Å²) in [6.45, 7) is 7.72. The lowest BCUT2D eigenvalue weighted by atomic mass is 9.94. The van der Waals surface area contributed by atoms with Crippen LogP contribution < -0.4 is 5.32 Å². The molecule has 0 saturated heterocycles. The van der Waals surface area contributed by atoms with Gasteiger partial charge < -0.3 is 20.3 Å². The minimum Gasteiger partial charge on any atom is -0.366 e. The highest BCUT2D eigenvalue weighted by Gasteiger charge is 2.38. The van der Waals surface area contributed by atoms with Gasteiger partial charge in [0, 0.05) is 44.9 Å². The minimum atomic E-state index is -1.19. The zero-order valence-corrected chi connectivity index (χ0v) is 17.5. The Morgan fingerprint density at radius 1 is 1.45 bits per heavy atom. The van der Waals surface area contributed by atoms with Gasteiger partial charge >= 0.3 is 0 Å². The van der Waals surface area contributed by atoms with Gasteiger partial charge in [0.25, 0.3) is 5.91 Å². The number of nitrogens with zero attached hydrogens (tertiary/aromatic N) is 2. The fourth-order valence-corrected chi connectivity index (χ4v) is 3.91. The average molecular weight is 397 g/mol. The van der Waals surface area contributed by atoms with E-state index in [1.54, 1.807) is 31.1 Å². The number of carbonyl (C=O) groups excluding carboxylic acids is 1. The number of aromatic amines is 1. The van der Waals surface area contributed by atoms with E-state index in [0.29, 0.717) is 17.8 Å². The summed E-state index contributed by atoms with van der Waals surface area (Å²) in [5.74, 6) is -0.176. The van der Waals surface area contributed by atoms with E-state index >= 15 is 0 Å². The van der Waals surface area contributed by atoms with Crippen LogP contribution in [0.15, 0.2) is 43.4 Å². The summed E-state index contributed by atoms with van der Waals surface area (Å²) in [6.07, 6.45) is 12.5. The predicted octanol–water partition coefficient (Wildman–Crippen LogP) is 3.28. The largest absolute Gasteiger partial charge is 0.366 e. The van der Waals surface area contributed by atoms with E-state index in [9.17, 15) is 9.90 Å². The van der Waals surface area contributed by atoms with Crippen LogP contribution in [-0.2, 0) is 23.4 Å². The standard InChI is InChI=1S/C14H19N3O2.C9H11N.H2/c1-5-6-17-8-11(13(18)15-4)10-7-9(2)16-12(10)14(17,3)19;1-2-4-9-7-10-6-5-8(9)3-1;/h5,7-8,16,19H,1,6H2,2-4H3,(H,15,18);5-7H,1-4H2;1H. The number of nitrogens with one attached hydrogen (secondary N) is 2. The third kappa shape index (κ3) is 4.27. The first-order valence-corrected chi connectivity index (χ1v) is 10.0. The molecule has 0 radical (unpaired) electrons. The van der Waals surface area contributed by atoms with Crippen molar-refractivity contribution >= 4 is 11.5 Å². The molecule has 29 heavy (non-hydrogen) atoms. The molecule has 2 aromatic heterocycles. The number of fused-ring (bicyclic) bond motifs is 2. The van der Waals surface area contributed by atoms with Gasteiger partial charge in [-0.15, -0.1) is 6.58 Å². The molecule has 6 nitrogen and oxygen atoms in total. The predicted molar refractivity (Wildman–Crippen MR) is 117 cm³/mol. The molecule has 0 fully saturated rings. The number of H-pyrrole nitrogens is 1. The number of hydrogen-bond acceptors (Lipinski definition) is 4. The van der Waals surface area contributed by atoms with Gasteiger partial charge in [-0.25, -0.2) is 0 Å². The van der Waals surface area contributed by atoms with E-state index in [4.69, 9.17) is 0 Å². The van der Waals surface area contributed by atoms with E-state index in [1.807, 2.05) is 25.4 Å². The molecule has 1 aliphatic heterocycles. The van der Waals surface area contributed by atoms with Crippen molar-refractivity contribution in [3.63, 3.8) is 0 Å². The van der Waals surface area contributed by atoms with Crippen molar-refractivity contribution in [3.05, 3.63) is 71.5 Å². The van der Waals surface area contributed by atoms with Gasteiger partial charge in [0.05, 0.1) is 11.3 Å². The van der Waals surface area contributed by atoms with Crippen molar-refractivity contribution in [2.24, 2.45) is 0 Å². The van der Waals surface area contributed by atoms with Crippen LogP contribution in [0, 0.1) is 6.92 Å². The maximum atomic E-state index is 12.0. The zero-order valence-electron chi connectivity index (χ0n) is 17.5. The molecule has 2 aliphatic rings. The summed E-state index contributed by atoms with van der Waals surface area (Å²) in [6, 6.07) is 4.02. The fraction of sp³-hybridized carbons (Fsp3) is 0.391. The molecule has 6 heteroatoms. The van der Waals surface area contributed by atoms with E-state index in [-0.39, 0.29) is 7.33 Å². The van der Waals surface area contributed by atoms with Crippen LogP contribution in [-0.4, -0.2) is 39.5 Å². The topological polar surface area (TPSA) is 81.2 Å². The number of aliphatic hydroxyl groups is 1. The Balaban J connectivity index is 0.000000245. The summed E-state index contributed by atoms with van der Waals surface area (Å²) in [5, 5.41) is 13.3. The second kappa shape index (κ2) is 8.66. The lowest BCUT2D eigenvalue weighted by Crippen LogP contribution is -2.44. The van der Waals surface area contributed by atoms with Crippen LogP contribution in [0.2, 0.25) is 0 Å². The SMILES string of the molecule is C=CCN1C=C(C(=O)NC)c2cc(C)[nH]c2C1(C)O.[HH].c1cc2c(cn1)CCCC2. The molecule has 1 unspecified atom stereocenters. The Morgan fingerprint density at radius 3 is 2.83 bits per heavy atom. The molecule has 1 amide bonds. The van der Waals surface area contributed by atoms with Crippen molar-refractivity contribution < 1.29 is 11.3 Å². The zero-order chi connectivity index (χ0) is 21.0. The van der Waals surface area contributed by atoms with Gasteiger partial charge in [0.15, 0.2) is 5.72 Å². The number of hydrogen-bond donors (Lipinski definition) is 3. The van der Waals surface area contributed by atoms with Crippen LogP contribution in [0.3, 0.4) is 0 Å². The summed E-state index contributed by atoms with van der Waals surface area (Å²) < 4.78 is 0. The molecule has 0 saturated carbocycles. The van der Waals surface area contributed by atoms with Gasteiger partial charge in [-0.3, -0.25) is 9.78 Å². The average Bonchev–Trinajstić information content (AvgIpc) is 3.13. The third-order valence-electron chi connectivity index (χ3n) is 5.50. The highest BCUT2D eigenvalue weighted by atomic mass is 16.3. The molecular formula is C23H32N4O2. The van der Waals surface area contributed by atoms with Gasteiger partial charge in [0.1, 0.15) is 0 Å². The first-order chi connectivity index (χ1) is 13.9. The van der Waals surface area contributed by atoms with Crippen LogP contribution >= 0.6 is 0 Å². The number of amides is 1. The quantitative estimate of drug-likeness (QED) is 0.696. The van der Waals surface area contributed by atoms with E-state index in [2.05, 4.69) is 27.9 Å². The second-order valence-corrected chi connectivity index (χ2v) is 7.68. The number of rotatable bonds is 3. The number of likely N-dealkylation sites (N-methyl/N-ethyl adjacent to an activating group) is 1. The van der Waals surface area contributed by atoms with Crippen molar-refractivity contribution in [1.82, 2.24) is 20.2 Å². The van der Waals surface area contributed by atoms with Crippen LogP contribution in [0.4, 0.5) is 0 Å². The Morgan fingerprint density at radius 2 is 2.17 bits per heavy atom. The van der Waals surface area contributed by atoms with Crippen molar-refractivity contribution in [3.8, 4) is 0 Å². The van der Waals surface area contributed by atoms with Crippen LogP contribution in [0.5, 0.6) is 0 Å². The Labute approximate surface area is 173 Å². The van der Waals surface area contributed by atoms with Gasteiger partial charge in [-0.05, 0) is 62.8 Å². The lowest BCUT2D eigenvalue weighted by molar-refractivity contribution is -0.115. The van der Waals surface area contributed by atoms with Gasteiger partial charge in [0.2, 0.25) is 0 Å². The highest BCUT2D eigenvalue weighted by molar-refractivity contribution is 6.20. The second-order valence-electron chi connectivity index (χ2n) is 7.68. The number of aromatic nitrogens is 2. The first kappa shape index (κ1) is 20.9. The highest BCUT2D eigenvalue weighted by Crippen LogP contribution is 2.37. The molecule has 0 bridgehead atoms. The van der Waals surface area contributed by atoms with Crippen LogP contribution in [0.1, 0.15) is 49.3 Å². The molecule has 4 rings (SSSR count). The van der Waals surface area contributed by atoms with Crippen molar-refractivity contribution in [2.75, 3.05) is 13.6 Å². The fourth-order valence-electron chi connectivity index (χ4n) is 3.91. The van der Waals surface area contributed by atoms with E-state index in [1.165, 1.54) is 36.8 Å². The van der Waals surface area contributed by atoms with E-state index in [0.717, 1.165) is 11.3 Å². The molecule has 156 valence electrons. The summed E-state index contributed by atoms with van der Waals surface area (Å²) >= 11 is 0. The van der Waals surface area contributed by atoms with E-state index < -0.39 is 5.72 Å². The molecule has 3 N–H and O–H groups in total. The summed E-state index contributed by atoms with van der Waals surface area (Å²) in [7, 11) is 1.59. The number of carbonyl (C=O) groups is 1. The summed E-state index contributed by atoms with van der Waals surface area (Å²) in [4.78, 5) is 20.9. The van der Waals surface area contributed by atoms with Crippen molar-refractivity contribution in [2.45, 2.75) is 45.3 Å². The Bertz CT molecular complexity index is 908. The normalized spacial score (nSPS) is 19.9. The van der Waals surface area contributed by atoms with Crippen LogP contribution in [0.25, 0.3) is 5.57 Å². The molecule has 1 atom stereocenters. The smallest absolute Gasteiger partial charge is 0.253 e.